The van der Waals surface area contributed by atoms with Gasteiger partial charge in [-0.1, -0.05) is 13.3 Å². The van der Waals surface area contributed by atoms with Crippen molar-refractivity contribution < 1.29 is 5.11 Å². The summed E-state index contributed by atoms with van der Waals surface area (Å²) in [6.45, 7) is 5.41. The first kappa shape index (κ1) is 13.5. The van der Waals surface area contributed by atoms with Gasteiger partial charge >= 0.3 is 0 Å². The topological polar surface area (TPSA) is 65.1 Å². The third-order valence-electron chi connectivity index (χ3n) is 2.75. The molecule has 5 nitrogen and oxygen atoms in total. The minimum atomic E-state index is 0.0822. The maximum absolute atomic E-state index is 9.16. The van der Waals surface area contributed by atoms with E-state index in [4.69, 9.17) is 10.4 Å². The predicted octanol–water partition coefficient (Wildman–Crippen LogP) is 1.20. The molecule has 0 amide bonds. The molecule has 1 heterocycles. The molecule has 1 N–H and O–H groups in total. The van der Waals surface area contributed by atoms with Gasteiger partial charge in [0.05, 0.1) is 12.3 Å². The van der Waals surface area contributed by atoms with Gasteiger partial charge in [-0.2, -0.15) is 10.4 Å². The van der Waals surface area contributed by atoms with Gasteiger partial charge in [0.2, 0.25) is 0 Å². The van der Waals surface area contributed by atoms with E-state index < -0.39 is 0 Å². The molecular weight excluding hydrogens is 216 g/mol. The molecule has 0 spiro atoms. The third-order valence-corrected chi connectivity index (χ3v) is 2.75. The molecule has 0 radical (unpaired) electrons. The van der Waals surface area contributed by atoms with Gasteiger partial charge in [0.25, 0.3) is 0 Å². The zero-order valence-electron chi connectivity index (χ0n) is 10.8. The Kier molecular flexibility index (Phi) is 4.98. The Hall–Kier alpha value is -1.54. The number of aryl methyl sites for hydroxylation is 2. The summed E-state index contributed by atoms with van der Waals surface area (Å²) in [6.07, 6.45) is 2.12. The number of hydrogen-bond acceptors (Lipinski definition) is 4. The maximum atomic E-state index is 9.16. The van der Waals surface area contributed by atoms with E-state index in [1.54, 1.807) is 4.68 Å². The van der Waals surface area contributed by atoms with Crippen LogP contribution in [0.25, 0.3) is 0 Å². The molecular formula is C12H20N4O. The van der Waals surface area contributed by atoms with E-state index in [0.29, 0.717) is 12.1 Å². The van der Waals surface area contributed by atoms with Gasteiger partial charge in [0.1, 0.15) is 17.5 Å². The van der Waals surface area contributed by atoms with Gasteiger partial charge in [0.15, 0.2) is 0 Å². The normalized spacial score (nSPS) is 10.3. The van der Waals surface area contributed by atoms with E-state index in [1.807, 2.05) is 18.9 Å². The summed E-state index contributed by atoms with van der Waals surface area (Å²) < 4.78 is 1.72. The molecule has 94 valence electrons. The average Bonchev–Trinajstić information content (AvgIpc) is 2.59. The van der Waals surface area contributed by atoms with Crippen molar-refractivity contribution in [3.05, 3.63) is 11.3 Å². The fourth-order valence-corrected chi connectivity index (χ4v) is 1.93. The summed E-state index contributed by atoms with van der Waals surface area (Å²) in [5.74, 6) is 0.813. The number of nitrogens with zero attached hydrogens (tertiary/aromatic N) is 4. The zero-order valence-corrected chi connectivity index (χ0v) is 10.8. The van der Waals surface area contributed by atoms with Crippen molar-refractivity contribution in [2.75, 3.05) is 24.6 Å². The molecule has 0 aliphatic rings. The summed E-state index contributed by atoms with van der Waals surface area (Å²) in [7, 11) is 1.83. The van der Waals surface area contributed by atoms with Crippen LogP contribution in [0.4, 0.5) is 5.82 Å². The largest absolute Gasteiger partial charge is 0.395 e. The smallest absolute Gasteiger partial charge is 0.145 e. The van der Waals surface area contributed by atoms with Crippen LogP contribution in [0, 0.1) is 18.3 Å². The lowest BCUT2D eigenvalue weighted by Gasteiger charge is -2.23. The lowest BCUT2D eigenvalue weighted by molar-refractivity contribution is 0.301. The molecule has 0 saturated carbocycles. The molecule has 1 aromatic heterocycles. The maximum Gasteiger partial charge on any atom is 0.145 e. The van der Waals surface area contributed by atoms with E-state index in [2.05, 4.69) is 18.1 Å². The van der Waals surface area contributed by atoms with E-state index in [1.165, 1.54) is 0 Å². The van der Waals surface area contributed by atoms with E-state index in [9.17, 15) is 0 Å². The molecule has 0 fully saturated rings. The van der Waals surface area contributed by atoms with Gasteiger partial charge in [-0.25, -0.2) is 0 Å². The van der Waals surface area contributed by atoms with Crippen LogP contribution in [0.3, 0.4) is 0 Å². The van der Waals surface area contributed by atoms with E-state index >= 15 is 0 Å². The Bertz CT molecular complexity index is 405. The van der Waals surface area contributed by atoms with Gasteiger partial charge in [0, 0.05) is 20.1 Å². The first-order valence-corrected chi connectivity index (χ1v) is 5.95. The summed E-state index contributed by atoms with van der Waals surface area (Å²) in [5, 5.41) is 22.5. The lowest BCUT2D eigenvalue weighted by Crippen LogP contribution is -2.30. The Balaban J connectivity index is 3.04. The third kappa shape index (κ3) is 2.98. The van der Waals surface area contributed by atoms with Crippen LogP contribution in [-0.2, 0) is 7.05 Å². The highest BCUT2D eigenvalue weighted by Crippen LogP contribution is 2.22. The van der Waals surface area contributed by atoms with Crippen molar-refractivity contribution in [2.24, 2.45) is 7.05 Å². The highest BCUT2D eigenvalue weighted by molar-refractivity contribution is 5.56. The lowest BCUT2D eigenvalue weighted by atomic mass is 10.2. The molecule has 0 aromatic carbocycles. The summed E-state index contributed by atoms with van der Waals surface area (Å²) in [4.78, 5) is 2.03. The standard InChI is InChI=1S/C12H20N4O/c1-4-5-6-16(7-8-17)12-11(9-13)10(2)14-15(12)3/h17H,4-8H2,1-3H3. The number of unbranched alkanes of at least 4 members (excludes halogenated alkanes) is 1. The second-order valence-corrected chi connectivity index (χ2v) is 4.08. The van der Waals surface area contributed by atoms with Gasteiger partial charge in [-0.05, 0) is 13.3 Å². The molecule has 0 aliphatic carbocycles. The fourth-order valence-electron chi connectivity index (χ4n) is 1.93. The van der Waals surface area contributed by atoms with Crippen molar-refractivity contribution in [1.29, 1.82) is 5.26 Å². The minimum absolute atomic E-state index is 0.0822. The van der Waals surface area contributed by atoms with Crippen molar-refractivity contribution in [3.63, 3.8) is 0 Å². The van der Waals surface area contributed by atoms with Gasteiger partial charge in [-0.15, -0.1) is 0 Å². The van der Waals surface area contributed by atoms with Crippen LogP contribution >= 0.6 is 0 Å². The molecule has 17 heavy (non-hydrogen) atoms. The van der Waals surface area contributed by atoms with Crippen molar-refractivity contribution in [3.8, 4) is 6.07 Å². The number of nitriles is 1. The Morgan fingerprint density at radius 2 is 2.18 bits per heavy atom. The van der Waals surface area contributed by atoms with Crippen molar-refractivity contribution >= 4 is 5.82 Å². The number of anilines is 1. The molecule has 0 atom stereocenters. The molecule has 1 rings (SSSR count). The number of aliphatic hydroxyl groups is 1. The number of hydrogen-bond donors (Lipinski definition) is 1. The SMILES string of the molecule is CCCCN(CCO)c1c(C#N)c(C)nn1C. The van der Waals surface area contributed by atoms with Crippen LogP contribution < -0.4 is 4.90 Å². The Morgan fingerprint density at radius 3 is 2.71 bits per heavy atom. The van der Waals surface area contributed by atoms with Crippen molar-refractivity contribution in [2.45, 2.75) is 26.7 Å². The predicted molar refractivity (Wildman–Crippen MR) is 66.9 cm³/mol. The molecule has 0 aliphatic heterocycles. The first-order valence-electron chi connectivity index (χ1n) is 5.95. The quantitative estimate of drug-likeness (QED) is 0.806. The van der Waals surface area contributed by atoms with Crippen LogP contribution in [0.1, 0.15) is 31.0 Å². The number of aliphatic hydroxyl groups excluding tert-OH is 1. The van der Waals surface area contributed by atoms with Crippen LogP contribution in [0.2, 0.25) is 0 Å². The monoisotopic (exact) mass is 236 g/mol. The number of aromatic nitrogens is 2. The summed E-state index contributed by atoms with van der Waals surface area (Å²) in [6, 6.07) is 2.19. The van der Waals surface area contributed by atoms with E-state index in [-0.39, 0.29) is 6.61 Å². The summed E-state index contributed by atoms with van der Waals surface area (Å²) in [5.41, 5.74) is 1.35. The minimum Gasteiger partial charge on any atom is -0.395 e. The fraction of sp³-hybridized carbons (Fsp3) is 0.667. The van der Waals surface area contributed by atoms with Crippen LogP contribution in [0.15, 0.2) is 0 Å². The van der Waals surface area contributed by atoms with E-state index in [0.717, 1.165) is 30.9 Å². The molecule has 0 unspecified atom stereocenters. The molecule has 0 bridgehead atoms. The molecule has 0 saturated heterocycles. The van der Waals surface area contributed by atoms with Crippen LogP contribution in [0.5, 0.6) is 0 Å². The van der Waals surface area contributed by atoms with Gasteiger partial charge < -0.3 is 10.0 Å². The Labute approximate surface area is 102 Å². The number of rotatable bonds is 6. The average molecular weight is 236 g/mol. The summed E-state index contributed by atoms with van der Waals surface area (Å²) >= 11 is 0. The molecule has 1 aromatic rings. The van der Waals surface area contributed by atoms with Crippen LogP contribution in [-0.4, -0.2) is 34.6 Å². The Morgan fingerprint density at radius 1 is 1.47 bits per heavy atom. The second-order valence-electron chi connectivity index (χ2n) is 4.08. The second kappa shape index (κ2) is 6.26. The zero-order chi connectivity index (χ0) is 12.8. The van der Waals surface area contributed by atoms with Crippen molar-refractivity contribution in [1.82, 2.24) is 9.78 Å². The highest BCUT2D eigenvalue weighted by Gasteiger charge is 2.18. The highest BCUT2D eigenvalue weighted by atomic mass is 16.3. The molecule has 5 heteroatoms. The first-order chi connectivity index (χ1) is 8.15. The van der Waals surface area contributed by atoms with Gasteiger partial charge in [-0.3, -0.25) is 4.68 Å².